The van der Waals surface area contributed by atoms with E-state index in [1.165, 1.54) is 18.4 Å². The molecule has 0 radical (unpaired) electrons. The van der Waals surface area contributed by atoms with Crippen molar-refractivity contribution < 1.29 is 4.74 Å². The average molecular weight is 288 g/mol. The van der Waals surface area contributed by atoms with Crippen molar-refractivity contribution in [3.05, 3.63) is 35.9 Å². The predicted octanol–water partition coefficient (Wildman–Crippen LogP) is 2.98. The highest BCUT2D eigenvalue weighted by atomic mass is 16.5. The van der Waals surface area contributed by atoms with Gasteiger partial charge in [-0.2, -0.15) is 0 Å². The van der Waals surface area contributed by atoms with Crippen LogP contribution in [-0.4, -0.2) is 42.8 Å². The summed E-state index contributed by atoms with van der Waals surface area (Å²) in [6.45, 7) is 8.76. The van der Waals surface area contributed by atoms with E-state index in [1.807, 2.05) is 0 Å². The maximum atomic E-state index is 5.88. The van der Waals surface area contributed by atoms with Crippen LogP contribution in [0.3, 0.4) is 0 Å². The van der Waals surface area contributed by atoms with E-state index in [2.05, 4.69) is 54.4 Å². The Morgan fingerprint density at radius 1 is 1.33 bits per heavy atom. The molecule has 0 aromatic heterocycles. The first kappa shape index (κ1) is 15.0. The van der Waals surface area contributed by atoms with E-state index < -0.39 is 0 Å². The first-order valence-electron chi connectivity index (χ1n) is 8.36. The fourth-order valence-electron chi connectivity index (χ4n) is 3.57. The van der Waals surface area contributed by atoms with Crippen molar-refractivity contribution in [1.29, 1.82) is 0 Å². The van der Waals surface area contributed by atoms with Crippen LogP contribution in [0.4, 0.5) is 0 Å². The van der Waals surface area contributed by atoms with E-state index in [0.29, 0.717) is 12.1 Å². The first-order chi connectivity index (χ1) is 10.2. The highest BCUT2D eigenvalue weighted by Crippen LogP contribution is 2.30. The number of benzene rings is 1. The van der Waals surface area contributed by atoms with Gasteiger partial charge in [0.1, 0.15) is 0 Å². The lowest BCUT2D eigenvalue weighted by Crippen LogP contribution is -2.60. The van der Waals surface area contributed by atoms with Crippen LogP contribution in [0.2, 0.25) is 0 Å². The van der Waals surface area contributed by atoms with Gasteiger partial charge in [0.25, 0.3) is 0 Å². The van der Waals surface area contributed by atoms with Gasteiger partial charge in [0, 0.05) is 37.8 Å². The second kappa shape index (κ2) is 6.47. The summed E-state index contributed by atoms with van der Waals surface area (Å²) in [5.41, 5.74) is 1.64. The molecule has 3 unspecified atom stereocenters. The van der Waals surface area contributed by atoms with Gasteiger partial charge in [0.05, 0.1) is 6.10 Å². The van der Waals surface area contributed by atoms with Crippen LogP contribution in [0, 0.1) is 0 Å². The molecule has 0 bridgehead atoms. The molecular formula is C18H28N2O. The van der Waals surface area contributed by atoms with Crippen LogP contribution in [0.1, 0.15) is 44.7 Å². The Labute approximate surface area is 128 Å². The van der Waals surface area contributed by atoms with E-state index in [4.69, 9.17) is 4.74 Å². The molecule has 0 spiro atoms. The van der Waals surface area contributed by atoms with Gasteiger partial charge in [-0.3, -0.25) is 4.90 Å². The number of nitrogens with one attached hydrogen (secondary N) is 1. The third kappa shape index (κ3) is 3.47. The molecule has 1 aromatic carbocycles. The van der Waals surface area contributed by atoms with E-state index in [1.54, 1.807) is 0 Å². The lowest BCUT2D eigenvalue weighted by Gasteiger charge is -2.47. The second-order valence-corrected chi connectivity index (χ2v) is 6.79. The van der Waals surface area contributed by atoms with Gasteiger partial charge >= 0.3 is 0 Å². The van der Waals surface area contributed by atoms with Crippen molar-refractivity contribution in [2.45, 2.75) is 50.8 Å². The zero-order valence-corrected chi connectivity index (χ0v) is 13.3. The highest BCUT2D eigenvalue weighted by Gasteiger charge is 2.36. The van der Waals surface area contributed by atoms with E-state index >= 15 is 0 Å². The number of hydrogen-bond donors (Lipinski definition) is 1. The van der Waals surface area contributed by atoms with Crippen molar-refractivity contribution in [2.75, 3.05) is 26.2 Å². The van der Waals surface area contributed by atoms with E-state index in [0.717, 1.165) is 32.7 Å². The Morgan fingerprint density at radius 2 is 2.14 bits per heavy atom. The Balaban J connectivity index is 1.76. The molecule has 0 saturated carbocycles. The Morgan fingerprint density at radius 3 is 2.81 bits per heavy atom. The summed E-state index contributed by atoms with van der Waals surface area (Å²) in [6, 6.07) is 11.4. The van der Waals surface area contributed by atoms with Gasteiger partial charge in [-0.15, -0.1) is 0 Å². The fourth-order valence-corrected chi connectivity index (χ4v) is 3.57. The van der Waals surface area contributed by atoms with Crippen LogP contribution in [0.5, 0.6) is 0 Å². The number of ether oxygens (including phenoxy) is 1. The average Bonchev–Trinajstić information content (AvgIpc) is 3.01. The third-order valence-electron chi connectivity index (χ3n) is 5.14. The molecule has 3 nitrogen and oxygen atoms in total. The van der Waals surface area contributed by atoms with E-state index in [9.17, 15) is 0 Å². The molecule has 2 saturated heterocycles. The van der Waals surface area contributed by atoms with Crippen LogP contribution in [0.15, 0.2) is 30.3 Å². The molecule has 1 aromatic rings. The molecule has 21 heavy (non-hydrogen) atoms. The van der Waals surface area contributed by atoms with Crippen LogP contribution < -0.4 is 5.32 Å². The molecule has 3 atom stereocenters. The zero-order chi connectivity index (χ0) is 14.7. The molecule has 0 amide bonds. The van der Waals surface area contributed by atoms with E-state index in [-0.39, 0.29) is 5.54 Å². The van der Waals surface area contributed by atoms with Gasteiger partial charge in [0.15, 0.2) is 0 Å². The molecule has 116 valence electrons. The molecule has 2 fully saturated rings. The van der Waals surface area contributed by atoms with Crippen molar-refractivity contribution >= 4 is 0 Å². The Bertz CT molecular complexity index is 444. The highest BCUT2D eigenvalue weighted by molar-refractivity contribution is 5.21. The lowest BCUT2D eigenvalue weighted by atomic mass is 9.91. The van der Waals surface area contributed by atoms with Gasteiger partial charge < -0.3 is 10.1 Å². The van der Waals surface area contributed by atoms with Gasteiger partial charge in [-0.05, 0) is 31.7 Å². The minimum Gasteiger partial charge on any atom is -0.377 e. The normalized spacial score (nSPS) is 34.2. The first-order valence-corrected chi connectivity index (χ1v) is 8.36. The Hall–Kier alpha value is -0.900. The topological polar surface area (TPSA) is 24.5 Å². The lowest BCUT2D eigenvalue weighted by molar-refractivity contribution is 0.0215. The Kier molecular flexibility index (Phi) is 4.63. The molecule has 3 heteroatoms. The van der Waals surface area contributed by atoms with Gasteiger partial charge in [-0.25, -0.2) is 0 Å². The summed E-state index contributed by atoms with van der Waals surface area (Å²) in [5.74, 6) is 0. The maximum Gasteiger partial charge on any atom is 0.0703 e. The predicted molar refractivity (Wildman–Crippen MR) is 86.4 cm³/mol. The standard InChI is InChI=1S/C18H28N2O/c1-3-18(2)14-20(13-16-10-7-11-21-16)17(12-19-18)15-8-5-4-6-9-15/h4-6,8-9,16-17,19H,3,7,10-14H2,1-2H3. The summed E-state index contributed by atoms with van der Waals surface area (Å²) in [5, 5.41) is 3.77. The molecule has 0 aliphatic carbocycles. The number of nitrogens with zero attached hydrogens (tertiary/aromatic N) is 1. The van der Waals surface area contributed by atoms with Gasteiger partial charge in [-0.1, -0.05) is 37.3 Å². The number of piperazine rings is 1. The minimum absolute atomic E-state index is 0.226. The van der Waals surface area contributed by atoms with Crippen molar-refractivity contribution in [1.82, 2.24) is 10.2 Å². The molecule has 2 aliphatic heterocycles. The SMILES string of the molecule is CCC1(C)CN(CC2CCCO2)C(c2ccccc2)CN1. The van der Waals surface area contributed by atoms with Crippen LogP contribution >= 0.6 is 0 Å². The zero-order valence-electron chi connectivity index (χ0n) is 13.3. The van der Waals surface area contributed by atoms with Gasteiger partial charge in [0.2, 0.25) is 0 Å². The summed E-state index contributed by atoms with van der Waals surface area (Å²) < 4.78 is 5.88. The van der Waals surface area contributed by atoms with Crippen molar-refractivity contribution in [2.24, 2.45) is 0 Å². The summed E-state index contributed by atoms with van der Waals surface area (Å²) in [6.07, 6.45) is 4.03. The largest absolute Gasteiger partial charge is 0.377 e. The van der Waals surface area contributed by atoms with Crippen LogP contribution in [-0.2, 0) is 4.74 Å². The van der Waals surface area contributed by atoms with Crippen LogP contribution in [0.25, 0.3) is 0 Å². The second-order valence-electron chi connectivity index (χ2n) is 6.79. The number of hydrogen-bond acceptors (Lipinski definition) is 3. The minimum atomic E-state index is 0.226. The van der Waals surface area contributed by atoms with Crippen molar-refractivity contribution in [3.63, 3.8) is 0 Å². The molecule has 2 heterocycles. The summed E-state index contributed by atoms with van der Waals surface area (Å²) in [7, 11) is 0. The molecular weight excluding hydrogens is 260 g/mol. The monoisotopic (exact) mass is 288 g/mol. The smallest absolute Gasteiger partial charge is 0.0703 e. The molecule has 2 aliphatic rings. The quantitative estimate of drug-likeness (QED) is 0.922. The molecule has 3 rings (SSSR count). The summed E-state index contributed by atoms with van der Waals surface area (Å²) >= 11 is 0. The molecule has 1 N–H and O–H groups in total. The maximum absolute atomic E-state index is 5.88. The fraction of sp³-hybridized carbons (Fsp3) is 0.667. The third-order valence-corrected chi connectivity index (χ3v) is 5.14. The summed E-state index contributed by atoms with van der Waals surface area (Å²) in [4.78, 5) is 2.64. The van der Waals surface area contributed by atoms with Crippen molar-refractivity contribution in [3.8, 4) is 0 Å². The number of rotatable bonds is 4.